The zero-order chi connectivity index (χ0) is 52.5. The third-order valence-electron chi connectivity index (χ3n) is 11.6. The Hall–Kier alpha value is -6.51. The highest BCUT2D eigenvalue weighted by Gasteiger charge is 2.50. The van der Waals surface area contributed by atoms with Gasteiger partial charge in [0.2, 0.25) is 5.88 Å². The van der Waals surface area contributed by atoms with Gasteiger partial charge < -0.3 is 36.9 Å². The first-order chi connectivity index (χ1) is 34.9. The highest BCUT2D eigenvalue weighted by molar-refractivity contribution is 7.87. The number of imidazole rings is 1. The Morgan fingerprint density at radius 2 is 1.49 bits per heavy atom. The number of rotatable bonds is 24. The fourth-order valence-corrected chi connectivity index (χ4v) is 10.4. The molecule has 19 nitrogen and oxygen atoms in total. The molecule has 7 rings (SSSR count). The first-order valence-electron chi connectivity index (χ1n) is 22.9. The van der Waals surface area contributed by atoms with Crippen molar-refractivity contribution in [3.63, 3.8) is 0 Å². The number of halogens is 3. The number of aromatic nitrogens is 4. The second-order valence-electron chi connectivity index (χ2n) is 17.0. The van der Waals surface area contributed by atoms with Gasteiger partial charge >= 0.3 is 21.6 Å². The number of methoxy groups -OCH3 is 2. The average Bonchev–Trinajstić information content (AvgIpc) is 3.98. The monoisotopic (exact) mass is 1050 g/mol. The molecule has 0 radical (unpaired) electrons. The molecule has 24 heteroatoms. The second kappa shape index (κ2) is 23.6. The van der Waals surface area contributed by atoms with Crippen molar-refractivity contribution in [1.29, 1.82) is 5.26 Å². The van der Waals surface area contributed by atoms with Crippen LogP contribution in [-0.2, 0) is 40.7 Å². The molecule has 0 aliphatic carbocycles. The van der Waals surface area contributed by atoms with E-state index in [1.54, 1.807) is 14.2 Å². The molecule has 0 amide bonds. The summed E-state index contributed by atoms with van der Waals surface area (Å²) in [6, 6.07) is 30.8. The summed E-state index contributed by atoms with van der Waals surface area (Å²) in [5.41, 5.74) is -4.78. The number of hydrogen-bond donors (Lipinski definition) is 0. The number of fused-ring (bicyclic) bond motifs is 1. The minimum absolute atomic E-state index is 0.0325. The van der Waals surface area contributed by atoms with Gasteiger partial charge in [0.05, 0.1) is 63.9 Å². The van der Waals surface area contributed by atoms with E-state index in [2.05, 4.69) is 25.2 Å². The van der Waals surface area contributed by atoms with Gasteiger partial charge in [0, 0.05) is 37.1 Å². The molecule has 6 aromatic rings. The number of nitriles is 1. The molecule has 4 atom stereocenters. The lowest BCUT2D eigenvalue weighted by Crippen LogP contribution is -2.39. The second-order valence-corrected chi connectivity index (χ2v) is 20.0. The van der Waals surface area contributed by atoms with Crippen LogP contribution in [0, 0.1) is 21.4 Å². The van der Waals surface area contributed by atoms with Gasteiger partial charge in [-0.2, -0.15) is 36.8 Å². The van der Waals surface area contributed by atoms with E-state index in [9.17, 15) is 37.0 Å². The van der Waals surface area contributed by atoms with Gasteiger partial charge in [-0.05, 0) is 74.2 Å². The molecule has 1 aliphatic rings. The Labute approximate surface area is 420 Å². The Kier molecular flexibility index (Phi) is 17.5. The molecule has 4 aromatic carbocycles. The van der Waals surface area contributed by atoms with E-state index in [4.69, 9.17) is 32.7 Å². The van der Waals surface area contributed by atoms with Gasteiger partial charge in [-0.25, -0.2) is 9.65 Å². The van der Waals surface area contributed by atoms with Gasteiger partial charge in [0.1, 0.15) is 29.4 Å². The van der Waals surface area contributed by atoms with Gasteiger partial charge in [-0.15, -0.1) is 0 Å². The molecule has 388 valence electrons. The maximum Gasteiger partial charge on any atom is 0.534 e. The van der Waals surface area contributed by atoms with E-state index in [-0.39, 0.29) is 68.0 Å². The first kappa shape index (κ1) is 54.3. The molecule has 0 saturated carbocycles. The van der Waals surface area contributed by atoms with Crippen molar-refractivity contribution in [3.05, 3.63) is 142 Å². The van der Waals surface area contributed by atoms with Crippen molar-refractivity contribution in [1.82, 2.24) is 24.2 Å². The molecule has 2 aromatic heterocycles. The topological polar surface area (TPSA) is 222 Å². The molecule has 0 spiro atoms. The largest absolute Gasteiger partial charge is 0.534 e. The van der Waals surface area contributed by atoms with Crippen molar-refractivity contribution in [3.8, 4) is 29.5 Å². The minimum Gasteiger partial charge on any atom is -0.497 e. The maximum absolute atomic E-state index is 13.7. The quantitative estimate of drug-likeness (QED) is 0.0105. The van der Waals surface area contributed by atoms with Crippen LogP contribution in [0.5, 0.6) is 23.4 Å². The average molecular weight is 1050 g/mol. The summed E-state index contributed by atoms with van der Waals surface area (Å²) in [7, 11) is -5.03. The van der Waals surface area contributed by atoms with E-state index in [1.807, 2.05) is 111 Å². The molecule has 73 heavy (non-hydrogen) atoms. The summed E-state index contributed by atoms with van der Waals surface area (Å²) in [4.78, 5) is 23.1. The minimum atomic E-state index is -6.27. The summed E-state index contributed by atoms with van der Waals surface area (Å²) in [5, 5.41) is 20.7. The van der Waals surface area contributed by atoms with Crippen molar-refractivity contribution < 1.29 is 63.4 Å². The molecule has 0 N–H and O–H groups in total. The zero-order valence-electron chi connectivity index (χ0n) is 40.5. The number of nitro benzene ring substituents is 1. The third-order valence-corrected chi connectivity index (χ3v) is 14.7. The van der Waals surface area contributed by atoms with Crippen LogP contribution < -0.4 is 18.4 Å². The number of benzene rings is 4. The number of nitrogens with zero attached hydrogens (tertiary/aromatic N) is 7. The molecule has 0 bridgehead atoms. The molecule has 1 fully saturated rings. The summed E-state index contributed by atoms with van der Waals surface area (Å²) in [6.07, 6.45) is -1.29. The van der Waals surface area contributed by atoms with Crippen molar-refractivity contribution in [2.75, 3.05) is 34.0 Å². The predicted molar refractivity (Wildman–Crippen MR) is 260 cm³/mol. The van der Waals surface area contributed by atoms with Crippen molar-refractivity contribution in [2.24, 2.45) is 0 Å². The lowest BCUT2D eigenvalue weighted by Gasteiger charge is -2.39. The summed E-state index contributed by atoms with van der Waals surface area (Å²) < 4.78 is 118. The summed E-state index contributed by atoms with van der Waals surface area (Å²) >= 11 is 0. The predicted octanol–water partition coefficient (Wildman–Crippen LogP) is 9.56. The van der Waals surface area contributed by atoms with Crippen LogP contribution in [0.15, 0.2) is 109 Å². The lowest BCUT2D eigenvalue weighted by atomic mass is 9.80. The van der Waals surface area contributed by atoms with Gasteiger partial charge in [-0.1, -0.05) is 66.7 Å². The number of ether oxygens (including phenoxy) is 5. The fourth-order valence-electron chi connectivity index (χ4n) is 8.24. The maximum atomic E-state index is 13.7. The Morgan fingerprint density at radius 3 is 2.04 bits per heavy atom. The van der Waals surface area contributed by atoms with Gasteiger partial charge in [-0.3, -0.25) is 14.7 Å². The molecule has 1 aliphatic heterocycles. The van der Waals surface area contributed by atoms with Gasteiger partial charge in [0.25, 0.3) is 14.2 Å². The highest BCUT2D eigenvalue weighted by Crippen LogP contribution is 2.51. The zero-order valence-corrected chi connectivity index (χ0v) is 42.3. The van der Waals surface area contributed by atoms with E-state index in [0.29, 0.717) is 17.1 Å². The fraction of sp³-hybridized carbons (Fsp3) is 0.388. The Bertz CT molecular complexity index is 2890. The van der Waals surface area contributed by atoms with E-state index >= 15 is 0 Å². The van der Waals surface area contributed by atoms with Crippen LogP contribution >= 0.6 is 8.53 Å². The van der Waals surface area contributed by atoms with Crippen LogP contribution in [0.2, 0.25) is 0 Å². The van der Waals surface area contributed by atoms with E-state index in [0.717, 1.165) is 16.7 Å². The normalized spacial score (nSPS) is 16.7. The SMILES string of the molecule is COc1ccc(C(OC[C@H]2O[C@@H](n3cnc4c(OCCc5ccc([N+](=O)[O-])cc5)nc(OS(=O)(=O)C(F)(F)F)nc43)C[C@@H]2OP(OCCC#N)N(C(C)C)C(C)C)(c2ccccc2)c2ccc(OC)cc2)cc1. The highest BCUT2D eigenvalue weighted by atomic mass is 32.2. The van der Waals surface area contributed by atoms with Crippen molar-refractivity contribution >= 4 is 35.5 Å². The van der Waals surface area contributed by atoms with Crippen LogP contribution in [0.3, 0.4) is 0 Å². The Balaban J connectivity index is 1.32. The third kappa shape index (κ3) is 12.5. The smallest absolute Gasteiger partial charge is 0.497 e. The molecular weight excluding hydrogens is 999 g/mol. The summed E-state index contributed by atoms with van der Waals surface area (Å²) in [5.74, 6) is 0.799. The standard InChI is InChI=1S/C49H53F3N7O12PS/c1-32(2)58(33(3)4)72(68-27-10-26-53)70-41-29-43(69-42(41)30-67-48(35-11-8-7-9-12-35,36-15-21-39(64-5)22-16-36)37-17-23-40(65-6)24-18-37)57-31-54-44-45(57)55-47(71-73(62,63)49(50,51)52)56-46(44)66-28-25-34-13-19-38(20-14-34)59(60)61/h7-9,11-24,31-33,41-43H,10,25,27-30H2,1-6H3/t41-,42+,43+,72?/m0/s1. The van der Waals surface area contributed by atoms with Crippen LogP contribution in [0.4, 0.5) is 18.9 Å². The number of non-ortho nitro benzene ring substituents is 1. The van der Waals surface area contributed by atoms with Crippen LogP contribution in [-0.4, -0.2) is 101 Å². The number of nitro groups is 1. The van der Waals surface area contributed by atoms with Crippen LogP contribution in [0.1, 0.15) is 69.0 Å². The number of hydrogen-bond acceptors (Lipinski definition) is 17. The van der Waals surface area contributed by atoms with E-state index in [1.165, 1.54) is 35.2 Å². The molecule has 1 saturated heterocycles. The van der Waals surface area contributed by atoms with Crippen molar-refractivity contribution in [2.45, 2.75) is 88.6 Å². The first-order valence-corrected chi connectivity index (χ1v) is 25.4. The van der Waals surface area contributed by atoms with Crippen LogP contribution in [0.25, 0.3) is 11.2 Å². The molecular formula is C49H53F3N7O12PS. The molecule has 1 unspecified atom stereocenters. The Morgan fingerprint density at radius 1 is 0.890 bits per heavy atom. The number of alkyl halides is 3. The molecule has 3 heterocycles. The van der Waals surface area contributed by atoms with E-state index < -0.39 is 65.0 Å². The lowest BCUT2D eigenvalue weighted by molar-refractivity contribution is -0.384. The summed E-state index contributed by atoms with van der Waals surface area (Å²) in [6.45, 7) is 7.67. The van der Waals surface area contributed by atoms with Gasteiger partial charge in [0.15, 0.2) is 11.2 Å².